The van der Waals surface area contributed by atoms with E-state index in [4.69, 9.17) is 0 Å². The van der Waals surface area contributed by atoms with Crippen LogP contribution in [-0.4, -0.2) is 35.1 Å². The summed E-state index contributed by atoms with van der Waals surface area (Å²) in [6.07, 6.45) is 4.46. The van der Waals surface area contributed by atoms with E-state index in [-0.39, 0.29) is 12.5 Å². The predicted molar refractivity (Wildman–Crippen MR) is 79.3 cm³/mol. The van der Waals surface area contributed by atoms with Gasteiger partial charge in [-0.2, -0.15) is 0 Å². The molecule has 0 atom stereocenters. The van der Waals surface area contributed by atoms with Crippen LogP contribution in [-0.2, 0) is 0 Å². The van der Waals surface area contributed by atoms with Crippen molar-refractivity contribution in [2.75, 3.05) is 13.2 Å². The first-order valence-electron chi connectivity index (χ1n) is 6.81. The number of amides is 1. The van der Waals surface area contributed by atoms with Crippen LogP contribution in [0, 0.1) is 6.92 Å². The standard InChI is InChI=1S/C15H20BrNO2/c1-11-8-12(10-13(16)9-11)15(19)17(6-7-18)14-4-2-3-5-14/h8-10,14,18H,2-7H2,1H3. The minimum absolute atomic E-state index is 0.0230. The zero-order valence-electron chi connectivity index (χ0n) is 11.2. The molecule has 0 aliphatic heterocycles. The van der Waals surface area contributed by atoms with Crippen LogP contribution in [0.1, 0.15) is 41.6 Å². The van der Waals surface area contributed by atoms with Gasteiger partial charge in [0.25, 0.3) is 5.91 Å². The first kappa shape index (κ1) is 14.5. The molecule has 0 aromatic heterocycles. The zero-order chi connectivity index (χ0) is 13.8. The van der Waals surface area contributed by atoms with Gasteiger partial charge in [-0.3, -0.25) is 4.79 Å². The van der Waals surface area contributed by atoms with Crippen molar-refractivity contribution in [2.45, 2.75) is 38.6 Å². The van der Waals surface area contributed by atoms with Gasteiger partial charge in [0.15, 0.2) is 0 Å². The van der Waals surface area contributed by atoms with Crippen LogP contribution in [0.5, 0.6) is 0 Å². The Morgan fingerprint density at radius 3 is 2.63 bits per heavy atom. The molecule has 0 unspecified atom stereocenters. The van der Waals surface area contributed by atoms with Gasteiger partial charge in [0, 0.05) is 22.6 Å². The first-order chi connectivity index (χ1) is 9.11. The largest absolute Gasteiger partial charge is 0.395 e. The number of carbonyl (C=O) groups is 1. The Morgan fingerprint density at radius 1 is 1.37 bits per heavy atom. The molecular weight excluding hydrogens is 306 g/mol. The number of hydrogen-bond donors (Lipinski definition) is 1. The Morgan fingerprint density at radius 2 is 2.05 bits per heavy atom. The third-order valence-corrected chi connectivity index (χ3v) is 4.11. The maximum Gasteiger partial charge on any atom is 0.254 e. The van der Waals surface area contributed by atoms with E-state index in [0.717, 1.165) is 22.9 Å². The van der Waals surface area contributed by atoms with Crippen LogP contribution in [0.3, 0.4) is 0 Å². The lowest BCUT2D eigenvalue weighted by molar-refractivity contribution is 0.0638. The highest BCUT2D eigenvalue weighted by Gasteiger charge is 2.27. The number of aryl methyl sites for hydroxylation is 1. The van der Waals surface area contributed by atoms with Crippen LogP contribution >= 0.6 is 15.9 Å². The summed E-state index contributed by atoms with van der Waals surface area (Å²) in [4.78, 5) is 14.5. The molecule has 1 N–H and O–H groups in total. The smallest absolute Gasteiger partial charge is 0.254 e. The molecular formula is C15H20BrNO2. The second kappa shape index (κ2) is 6.53. The average Bonchev–Trinajstić information content (AvgIpc) is 2.87. The molecule has 1 aliphatic rings. The number of hydrogen-bond acceptors (Lipinski definition) is 2. The zero-order valence-corrected chi connectivity index (χ0v) is 12.8. The van der Waals surface area contributed by atoms with E-state index < -0.39 is 0 Å². The molecule has 1 aromatic carbocycles. The topological polar surface area (TPSA) is 40.5 Å². The van der Waals surface area contributed by atoms with Crippen LogP contribution in [0.25, 0.3) is 0 Å². The molecule has 19 heavy (non-hydrogen) atoms. The fourth-order valence-corrected chi connectivity index (χ4v) is 3.41. The van der Waals surface area contributed by atoms with Crippen molar-refractivity contribution in [1.29, 1.82) is 0 Å². The van der Waals surface area contributed by atoms with E-state index in [0.29, 0.717) is 18.2 Å². The highest BCUT2D eigenvalue weighted by molar-refractivity contribution is 9.10. The van der Waals surface area contributed by atoms with Gasteiger partial charge in [0.2, 0.25) is 0 Å². The second-order valence-corrected chi connectivity index (χ2v) is 6.09. The number of carbonyl (C=O) groups excluding carboxylic acids is 1. The van der Waals surface area contributed by atoms with Crippen LogP contribution < -0.4 is 0 Å². The van der Waals surface area contributed by atoms with Crippen LogP contribution in [0.2, 0.25) is 0 Å². The summed E-state index contributed by atoms with van der Waals surface area (Å²) in [5.41, 5.74) is 1.76. The third kappa shape index (κ3) is 3.57. The average molecular weight is 326 g/mol. The number of aliphatic hydroxyl groups excluding tert-OH is 1. The molecule has 1 fully saturated rings. The van der Waals surface area contributed by atoms with Crippen LogP contribution in [0.15, 0.2) is 22.7 Å². The van der Waals surface area contributed by atoms with E-state index in [1.165, 1.54) is 12.8 Å². The third-order valence-electron chi connectivity index (χ3n) is 3.66. The number of halogens is 1. The van der Waals surface area contributed by atoms with Gasteiger partial charge in [-0.15, -0.1) is 0 Å². The fourth-order valence-electron chi connectivity index (χ4n) is 2.80. The van der Waals surface area contributed by atoms with E-state index in [2.05, 4.69) is 15.9 Å². The molecule has 0 radical (unpaired) electrons. The molecule has 0 spiro atoms. The monoisotopic (exact) mass is 325 g/mol. The van der Waals surface area contributed by atoms with Crippen molar-refractivity contribution in [3.05, 3.63) is 33.8 Å². The Labute approximate surface area is 122 Å². The van der Waals surface area contributed by atoms with Crippen molar-refractivity contribution in [2.24, 2.45) is 0 Å². The summed E-state index contributed by atoms with van der Waals surface area (Å²) in [6, 6.07) is 6.04. The van der Waals surface area contributed by atoms with E-state index in [9.17, 15) is 9.90 Å². The van der Waals surface area contributed by atoms with E-state index in [1.54, 1.807) is 0 Å². The van der Waals surface area contributed by atoms with Crippen molar-refractivity contribution in [3.63, 3.8) is 0 Å². The molecule has 3 nitrogen and oxygen atoms in total. The number of aliphatic hydroxyl groups is 1. The Kier molecular flexibility index (Phi) is 4.99. The first-order valence-corrected chi connectivity index (χ1v) is 7.60. The van der Waals surface area contributed by atoms with Gasteiger partial charge < -0.3 is 10.0 Å². The van der Waals surface area contributed by atoms with Crippen molar-refractivity contribution in [3.8, 4) is 0 Å². The van der Waals surface area contributed by atoms with E-state index in [1.807, 2.05) is 30.0 Å². The lowest BCUT2D eigenvalue weighted by Crippen LogP contribution is -2.40. The van der Waals surface area contributed by atoms with Gasteiger partial charge in [0.1, 0.15) is 0 Å². The van der Waals surface area contributed by atoms with E-state index >= 15 is 0 Å². The summed E-state index contributed by atoms with van der Waals surface area (Å²) in [5.74, 6) is 0.0327. The van der Waals surface area contributed by atoms with Crippen molar-refractivity contribution in [1.82, 2.24) is 4.90 Å². The normalized spacial score (nSPS) is 15.7. The molecule has 0 heterocycles. The molecule has 1 aromatic rings. The van der Waals surface area contributed by atoms with Crippen LogP contribution in [0.4, 0.5) is 0 Å². The molecule has 2 rings (SSSR count). The molecule has 1 amide bonds. The Balaban J connectivity index is 2.22. The van der Waals surface area contributed by atoms with Gasteiger partial charge >= 0.3 is 0 Å². The highest BCUT2D eigenvalue weighted by Crippen LogP contribution is 2.25. The minimum Gasteiger partial charge on any atom is -0.395 e. The maximum absolute atomic E-state index is 12.6. The summed E-state index contributed by atoms with van der Waals surface area (Å²) in [5, 5.41) is 9.20. The molecule has 1 saturated carbocycles. The molecule has 104 valence electrons. The fraction of sp³-hybridized carbons (Fsp3) is 0.533. The lowest BCUT2D eigenvalue weighted by atomic mass is 10.1. The number of benzene rings is 1. The Hall–Kier alpha value is -0.870. The van der Waals surface area contributed by atoms with Gasteiger partial charge in [-0.05, 0) is 43.5 Å². The predicted octanol–water partition coefficient (Wildman–Crippen LogP) is 3.13. The number of rotatable bonds is 4. The molecule has 0 saturated heterocycles. The summed E-state index contributed by atoms with van der Waals surface area (Å²) in [7, 11) is 0. The lowest BCUT2D eigenvalue weighted by Gasteiger charge is -2.28. The molecule has 0 bridgehead atoms. The van der Waals surface area contributed by atoms with Crippen molar-refractivity contribution < 1.29 is 9.90 Å². The van der Waals surface area contributed by atoms with Gasteiger partial charge in [-0.25, -0.2) is 0 Å². The highest BCUT2D eigenvalue weighted by atomic mass is 79.9. The molecule has 4 heteroatoms. The summed E-state index contributed by atoms with van der Waals surface area (Å²) < 4.78 is 0.922. The molecule has 1 aliphatic carbocycles. The maximum atomic E-state index is 12.6. The SMILES string of the molecule is Cc1cc(Br)cc(C(=O)N(CCO)C2CCCC2)c1. The minimum atomic E-state index is 0.0230. The summed E-state index contributed by atoms with van der Waals surface area (Å²) >= 11 is 3.43. The number of nitrogens with zero attached hydrogens (tertiary/aromatic N) is 1. The van der Waals surface area contributed by atoms with Crippen molar-refractivity contribution >= 4 is 21.8 Å². The summed E-state index contributed by atoms with van der Waals surface area (Å²) in [6.45, 7) is 2.43. The second-order valence-electron chi connectivity index (χ2n) is 5.18. The Bertz CT molecular complexity index is 435. The van der Waals surface area contributed by atoms with Gasteiger partial charge in [-0.1, -0.05) is 28.8 Å². The van der Waals surface area contributed by atoms with Gasteiger partial charge in [0.05, 0.1) is 6.61 Å². The quantitative estimate of drug-likeness (QED) is 0.923.